The van der Waals surface area contributed by atoms with E-state index in [1.807, 2.05) is 0 Å². The Morgan fingerprint density at radius 3 is 2.33 bits per heavy atom. The lowest BCUT2D eigenvalue weighted by molar-refractivity contribution is -0.143. The van der Waals surface area contributed by atoms with Crippen LogP contribution in [-0.2, 0) is 29.2 Å². The zero-order chi connectivity index (χ0) is 20.7. The van der Waals surface area contributed by atoms with Crippen molar-refractivity contribution in [2.75, 3.05) is 7.11 Å². The monoisotopic (exact) mass is 465 g/mol. The Kier molecular flexibility index (Phi) is 6.62. The summed E-state index contributed by atoms with van der Waals surface area (Å²) >= 11 is 23.7. The molecule has 27 heavy (non-hydrogen) atoms. The van der Waals surface area contributed by atoms with Crippen LogP contribution in [0.3, 0.4) is 0 Å². The predicted octanol–water partition coefficient (Wildman–Crippen LogP) is 6.13. The molecule has 0 aliphatic heterocycles. The average Bonchev–Trinajstić information content (AvgIpc) is 2.78. The number of hydrogen-bond acceptors (Lipinski definition) is 2. The van der Waals surface area contributed by atoms with E-state index in [0.29, 0.717) is 4.57 Å². The summed E-state index contributed by atoms with van der Waals surface area (Å²) in [5.74, 6) is -1.68. The maximum absolute atomic E-state index is 14.5. The normalized spacial score (nSPS) is 13.0. The minimum Gasteiger partial charge on any atom is -0.468 e. The van der Waals surface area contributed by atoms with Crippen LogP contribution in [0.4, 0.5) is 17.6 Å². The topological polar surface area (TPSA) is 31.2 Å². The van der Waals surface area contributed by atoms with E-state index in [0.717, 1.165) is 26.3 Å². The Bertz CT molecular complexity index is 896. The lowest BCUT2D eigenvalue weighted by Gasteiger charge is -2.12. The van der Waals surface area contributed by atoms with Crippen molar-refractivity contribution in [2.24, 2.45) is 7.05 Å². The van der Waals surface area contributed by atoms with Crippen LogP contribution >= 0.6 is 46.4 Å². The largest absolute Gasteiger partial charge is 0.468 e. The van der Waals surface area contributed by atoms with Gasteiger partial charge in [0.1, 0.15) is 22.0 Å². The summed E-state index contributed by atoms with van der Waals surface area (Å²) in [5.41, 5.74) is -1.65. The van der Waals surface area contributed by atoms with Gasteiger partial charge in [0.05, 0.1) is 12.1 Å². The molecule has 0 saturated heterocycles. The number of carbonyl (C=O) groups is 1. The van der Waals surface area contributed by atoms with Crippen LogP contribution in [0.1, 0.15) is 11.3 Å². The van der Waals surface area contributed by atoms with E-state index in [2.05, 4.69) is 4.74 Å². The number of esters is 1. The van der Waals surface area contributed by atoms with E-state index >= 15 is 0 Å². The average molecular weight is 467 g/mol. The van der Waals surface area contributed by atoms with Gasteiger partial charge in [-0.1, -0.05) is 34.8 Å². The van der Waals surface area contributed by atoms with Gasteiger partial charge in [0, 0.05) is 29.6 Å². The molecule has 0 aliphatic carbocycles. The predicted molar refractivity (Wildman–Crippen MR) is 96.2 cm³/mol. The Morgan fingerprint density at radius 1 is 1.26 bits per heavy atom. The lowest BCUT2D eigenvalue weighted by atomic mass is 10.0. The second kappa shape index (κ2) is 8.07. The lowest BCUT2D eigenvalue weighted by Crippen LogP contribution is -2.18. The fraction of sp³-hybridized carbons (Fsp3) is 0.312. The highest BCUT2D eigenvalue weighted by Crippen LogP contribution is 2.46. The third-order valence-electron chi connectivity index (χ3n) is 3.79. The van der Waals surface area contributed by atoms with E-state index in [1.54, 1.807) is 0 Å². The third-order valence-corrected chi connectivity index (χ3v) is 5.29. The Balaban J connectivity index is 2.64. The standard InChI is InChI=1S/C16H11Cl4F4NO2/c1-25-13(16(22,23)24)12(19)11(14(25)20)7-3-6(8(17)5-10(7)21)4-9(18)15(26)27-2/h3,5,9H,4H2,1-2H3. The Hall–Kier alpha value is -1.15. The first-order chi connectivity index (χ1) is 12.4. The molecule has 0 fully saturated rings. The number of carbonyl (C=O) groups excluding carboxylic acids is 1. The molecule has 2 aromatic rings. The number of nitrogens with zero attached hydrogens (tertiary/aromatic N) is 1. The molecular weight excluding hydrogens is 456 g/mol. The van der Waals surface area contributed by atoms with Crippen molar-refractivity contribution in [1.29, 1.82) is 0 Å². The number of alkyl halides is 4. The minimum atomic E-state index is -4.80. The zero-order valence-electron chi connectivity index (χ0n) is 13.7. The van der Waals surface area contributed by atoms with E-state index in [-0.39, 0.29) is 28.1 Å². The number of rotatable bonds is 4. The second-order valence-electron chi connectivity index (χ2n) is 5.50. The van der Waals surface area contributed by atoms with Crippen molar-refractivity contribution in [3.8, 4) is 11.1 Å². The molecule has 1 heterocycles. The quantitative estimate of drug-likeness (QED) is 0.308. The first kappa shape index (κ1) is 22.1. The highest BCUT2D eigenvalue weighted by atomic mass is 35.5. The number of aromatic nitrogens is 1. The van der Waals surface area contributed by atoms with Crippen molar-refractivity contribution >= 4 is 52.4 Å². The molecule has 1 unspecified atom stereocenters. The maximum atomic E-state index is 14.5. The zero-order valence-corrected chi connectivity index (χ0v) is 16.8. The van der Waals surface area contributed by atoms with Gasteiger partial charge in [-0.05, 0) is 17.7 Å². The van der Waals surface area contributed by atoms with Gasteiger partial charge in [0.25, 0.3) is 0 Å². The van der Waals surface area contributed by atoms with Gasteiger partial charge in [-0.3, -0.25) is 4.79 Å². The number of hydrogen-bond donors (Lipinski definition) is 0. The van der Waals surface area contributed by atoms with Crippen molar-refractivity contribution in [3.05, 3.63) is 44.4 Å². The molecule has 0 saturated carbocycles. The number of benzene rings is 1. The molecule has 0 amide bonds. The SMILES string of the molecule is COC(=O)C(Cl)Cc1cc(-c2c(Cl)c(C(F)(F)F)n(C)c2Cl)c(F)cc1Cl. The third kappa shape index (κ3) is 4.31. The first-order valence-electron chi connectivity index (χ1n) is 7.21. The molecule has 2 rings (SSSR count). The summed E-state index contributed by atoms with van der Waals surface area (Å²) in [5, 5.41) is -2.35. The molecule has 0 radical (unpaired) electrons. The van der Waals surface area contributed by atoms with Gasteiger partial charge in [-0.15, -0.1) is 11.6 Å². The first-order valence-corrected chi connectivity index (χ1v) is 8.78. The van der Waals surface area contributed by atoms with Crippen LogP contribution in [0.2, 0.25) is 15.2 Å². The molecule has 1 aromatic heterocycles. The molecule has 3 nitrogen and oxygen atoms in total. The Morgan fingerprint density at radius 2 is 1.85 bits per heavy atom. The van der Waals surface area contributed by atoms with Crippen LogP contribution in [0, 0.1) is 5.82 Å². The van der Waals surface area contributed by atoms with Crippen LogP contribution in [0.5, 0.6) is 0 Å². The van der Waals surface area contributed by atoms with Crippen molar-refractivity contribution < 1.29 is 27.1 Å². The van der Waals surface area contributed by atoms with Gasteiger partial charge in [-0.25, -0.2) is 4.39 Å². The molecule has 0 spiro atoms. The van der Waals surface area contributed by atoms with Crippen molar-refractivity contribution in [2.45, 2.75) is 18.0 Å². The molecule has 0 bridgehead atoms. The fourth-order valence-electron chi connectivity index (χ4n) is 2.51. The van der Waals surface area contributed by atoms with E-state index in [1.165, 1.54) is 0 Å². The summed E-state index contributed by atoms with van der Waals surface area (Å²) in [7, 11) is 2.19. The van der Waals surface area contributed by atoms with Gasteiger partial charge >= 0.3 is 12.1 Å². The molecule has 0 N–H and O–H groups in total. The highest BCUT2D eigenvalue weighted by molar-refractivity contribution is 6.40. The van der Waals surface area contributed by atoms with Gasteiger partial charge < -0.3 is 9.30 Å². The number of methoxy groups -OCH3 is 1. The van der Waals surface area contributed by atoms with Gasteiger partial charge in [0.15, 0.2) is 0 Å². The maximum Gasteiger partial charge on any atom is 0.432 e. The van der Waals surface area contributed by atoms with Gasteiger partial charge in [-0.2, -0.15) is 13.2 Å². The summed E-state index contributed by atoms with van der Waals surface area (Å²) in [6, 6.07) is 2.04. The summed E-state index contributed by atoms with van der Waals surface area (Å²) in [6.07, 6.45) is -4.94. The van der Waals surface area contributed by atoms with E-state index in [9.17, 15) is 22.4 Å². The number of ether oxygens (including phenoxy) is 1. The van der Waals surface area contributed by atoms with Gasteiger partial charge in [0.2, 0.25) is 0 Å². The second-order valence-corrected chi connectivity index (χ2v) is 7.17. The smallest absolute Gasteiger partial charge is 0.432 e. The van der Waals surface area contributed by atoms with E-state index in [4.69, 9.17) is 46.4 Å². The van der Waals surface area contributed by atoms with Crippen LogP contribution in [-0.4, -0.2) is 23.0 Å². The molecule has 0 aliphatic rings. The van der Waals surface area contributed by atoms with Crippen LogP contribution in [0.25, 0.3) is 11.1 Å². The van der Waals surface area contributed by atoms with Crippen molar-refractivity contribution in [3.63, 3.8) is 0 Å². The van der Waals surface area contributed by atoms with Crippen LogP contribution < -0.4 is 0 Å². The Labute approximate surface area is 171 Å². The fourth-order valence-corrected chi connectivity index (χ4v) is 3.75. The minimum absolute atomic E-state index is 0.0648. The molecular formula is C16H11Cl4F4NO2. The van der Waals surface area contributed by atoms with Crippen molar-refractivity contribution in [1.82, 2.24) is 4.57 Å². The molecule has 148 valence electrons. The summed E-state index contributed by atoms with van der Waals surface area (Å²) in [4.78, 5) is 11.5. The molecule has 1 aromatic carbocycles. The summed E-state index contributed by atoms with van der Waals surface area (Å²) < 4.78 is 59.2. The molecule has 1 atom stereocenters. The van der Waals surface area contributed by atoms with Crippen LogP contribution in [0.15, 0.2) is 12.1 Å². The summed E-state index contributed by atoms with van der Waals surface area (Å²) in [6.45, 7) is 0. The number of halogens is 8. The highest BCUT2D eigenvalue weighted by Gasteiger charge is 2.40. The van der Waals surface area contributed by atoms with E-state index < -0.39 is 39.2 Å². The molecule has 11 heteroatoms.